The fraction of sp³-hybridized carbons (Fsp3) is 0.391. The van der Waals surface area contributed by atoms with Gasteiger partial charge in [-0.15, -0.1) is 0 Å². The maximum Gasteiger partial charge on any atom is 0.407 e. The van der Waals surface area contributed by atoms with Gasteiger partial charge in [0, 0.05) is 5.92 Å². The first-order chi connectivity index (χ1) is 15.4. The number of carbonyl (C=O) groups excluding carboxylic acids is 1. The van der Waals surface area contributed by atoms with Crippen molar-refractivity contribution in [3.05, 3.63) is 59.7 Å². The Kier molecular flexibility index (Phi) is 8.07. The summed E-state index contributed by atoms with van der Waals surface area (Å²) < 4.78 is 28.3. The van der Waals surface area contributed by atoms with Gasteiger partial charge in [0.1, 0.15) is 12.6 Å². The van der Waals surface area contributed by atoms with E-state index in [9.17, 15) is 19.3 Å². The third kappa shape index (κ3) is 5.57. The van der Waals surface area contributed by atoms with Crippen LogP contribution in [-0.2, 0) is 23.1 Å². The quantitative estimate of drug-likeness (QED) is 0.469. The van der Waals surface area contributed by atoms with Crippen LogP contribution in [0.2, 0.25) is 0 Å². The Morgan fingerprint density at radius 2 is 1.53 bits per heavy atom. The summed E-state index contributed by atoms with van der Waals surface area (Å²) >= 11 is 0. The van der Waals surface area contributed by atoms with Crippen LogP contribution in [0.25, 0.3) is 11.1 Å². The number of carboxylic acids is 1. The van der Waals surface area contributed by atoms with E-state index in [0.29, 0.717) is 0 Å². The summed E-state index contributed by atoms with van der Waals surface area (Å²) in [6.45, 7) is 3.77. The zero-order valence-electron chi connectivity index (χ0n) is 18.2. The van der Waals surface area contributed by atoms with E-state index < -0.39 is 25.7 Å². The number of amides is 1. The largest absolute Gasteiger partial charge is 0.480 e. The predicted molar refractivity (Wildman–Crippen MR) is 120 cm³/mol. The van der Waals surface area contributed by atoms with Crippen LogP contribution in [0.3, 0.4) is 0 Å². The molecule has 0 saturated carbocycles. The van der Waals surface area contributed by atoms with E-state index in [1.165, 1.54) is 0 Å². The highest BCUT2D eigenvalue weighted by Gasteiger charge is 2.31. The molecule has 9 heteroatoms. The van der Waals surface area contributed by atoms with E-state index in [4.69, 9.17) is 13.8 Å². The fourth-order valence-corrected chi connectivity index (χ4v) is 5.58. The molecule has 1 aliphatic rings. The van der Waals surface area contributed by atoms with Gasteiger partial charge in [0.2, 0.25) is 0 Å². The van der Waals surface area contributed by atoms with Crippen LogP contribution in [0.15, 0.2) is 48.5 Å². The number of hydrogen-bond acceptors (Lipinski definition) is 6. The molecule has 0 heterocycles. The van der Waals surface area contributed by atoms with Crippen molar-refractivity contribution in [3.8, 4) is 11.1 Å². The van der Waals surface area contributed by atoms with Crippen LogP contribution < -0.4 is 5.32 Å². The van der Waals surface area contributed by atoms with Crippen molar-refractivity contribution in [1.82, 2.24) is 5.32 Å². The number of hydrogen-bond donors (Lipinski definition) is 2. The third-order valence-electron chi connectivity index (χ3n) is 5.28. The minimum absolute atomic E-state index is 0.0720. The van der Waals surface area contributed by atoms with Gasteiger partial charge in [0.15, 0.2) is 0 Å². The van der Waals surface area contributed by atoms with Crippen molar-refractivity contribution in [1.29, 1.82) is 0 Å². The van der Waals surface area contributed by atoms with E-state index in [-0.39, 0.29) is 38.3 Å². The van der Waals surface area contributed by atoms with Gasteiger partial charge in [0.05, 0.1) is 19.4 Å². The first-order valence-corrected chi connectivity index (χ1v) is 12.3. The molecule has 0 aliphatic heterocycles. The summed E-state index contributed by atoms with van der Waals surface area (Å²) in [5, 5.41) is 11.8. The number of carboxylic acid groups (broad SMARTS) is 1. The lowest BCUT2D eigenvalue weighted by Crippen LogP contribution is -2.42. The second kappa shape index (κ2) is 10.8. The molecule has 0 bridgehead atoms. The van der Waals surface area contributed by atoms with Gasteiger partial charge in [-0.3, -0.25) is 4.57 Å². The molecule has 0 radical (unpaired) electrons. The molecule has 32 heavy (non-hydrogen) atoms. The monoisotopic (exact) mass is 461 g/mol. The second-order valence-electron chi connectivity index (χ2n) is 7.32. The minimum atomic E-state index is -3.42. The van der Waals surface area contributed by atoms with Crippen LogP contribution in [0.5, 0.6) is 0 Å². The zero-order chi connectivity index (χ0) is 23.1. The summed E-state index contributed by atoms with van der Waals surface area (Å²) in [4.78, 5) is 24.0. The standard InChI is InChI=1S/C23H28NO7P/c1-3-30-32(28,31-4-2)14-13-21(22(25)26)24-23(27)29-15-20-18-11-7-5-9-16(18)17-10-6-8-12-19(17)20/h5-12,20-21H,3-4,13-15H2,1-2H3,(H,24,27)(H,25,26). The van der Waals surface area contributed by atoms with E-state index in [1.807, 2.05) is 48.5 Å². The summed E-state index contributed by atoms with van der Waals surface area (Å²) in [6, 6.07) is 14.6. The van der Waals surface area contributed by atoms with Crippen LogP contribution in [0.4, 0.5) is 4.79 Å². The van der Waals surface area contributed by atoms with Crippen LogP contribution >= 0.6 is 7.60 Å². The molecule has 8 nitrogen and oxygen atoms in total. The number of ether oxygens (including phenoxy) is 1. The van der Waals surface area contributed by atoms with Crippen molar-refractivity contribution in [2.75, 3.05) is 26.0 Å². The lowest BCUT2D eigenvalue weighted by Gasteiger charge is -2.20. The summed E-state index contributed by atoms with van der Waals surface area (Å²) in [5.74, 6) is -1.38. The first-order valence-electron chi connectivity index (χ1n) is 10.6. The molecule has 0 spiro atoms. The highest BCUT2D eigenvalue weighted by atomic mass is 31.2. The predicted octanol–water partition coefficient (Wildman–Crippen LogP) is 4.63. The smallest absolute Gasteiger partial charge is 0.407 e. The lowest BCUT2D eigenvalue weighted by molar-refractivity contribution is -0.139. The van der Waals surface area contributed by atoms with Crippen molar-refractivity contribution >= 4 is 19.7 Å². The van der Waals surface area contributed by atoms with Crippen LogP contribution in [0.1, 0.15) is 37.3 Å². The number of nitrogens with one attached hydrogen (secondary N) is 1. The molecule has 2 aromatic carbocycles. The maximum atomic E-state index is 12.6. The highest BCUT2D eigenvalue weighted by molar-refractivity contribution is 7.53. The first kappa shape index (κ1) is 24.0. The molecule has 2 aromatic rings. The molecule has 0 saturated heterocycles. The van der Waals surface area contributed by atoms with E-state index in [1.54, 1.807) is 13.8 Å². The van der Waals surface area contributed by atoms with Crippen molar-refractivity contribution in [2.24, 2.45) is 0 Å². The zero-order valence-corrected chi connectivity index (χ0v) is 19.0. The van der Waals surface area contributed by atoms with Gasteiger partial charge in [0.25, 0.3) is 0 Å². The number of benzene rings is 2. The second-order valence-corrected chi connectivity index (χ2v) is 9.50. The molecule has 0 aromatic heterocycles. The van der Waals surface area contributed by atoms with Gasteiger partial charge in [-0.05, 0) is 42.5 Å². The van der Waals surface area contributed by atoms with E-state index in [2.05, 4.69) is 5.32 Å². The Hall–Kier alpha value is -2.67. The van der Waals surface area contributed by atoms with Crippen molar-refractivity contribution in [3.63, 3.8) is 0 Å². The van der Waals surface area contributed by atoms with E-state index >= 15 is 0 Å². The van der Waals surface area contributed by atoms with Crippen LogP contribution in [-0.4, -0.2) is 49.2 Å². The van der Waals surface area contributed by atoms with Gasteiger partial charge in [-0.1, -0.05) is 48.5 Å². The van der Waals surface area contributed by atoms with Crippen molar-refractivity contribution < 1.29 is 33.0 Å². The minimum Gasteiger partial charge on any atom is -0.480 e. The Bertz CT molecular complexity index is 954. The maximum absolute atomic E-state index is 12.6. The average molecular weight is 461 g/mol. The number of aliphatic carboxylic acids is 1. The van der Waals surface area contributed by atoms with Gasteiger partial charge in [-0.2, -0.15) is 0 Å². The Morgan fingerprint density at radius 1 is 1.00 bits per heavy atom. The highest BCUT2D eigenvalue weighted by Crippen LogP contribution is 2.48. The molecule has 1 amide bonds. The molecule has 172 valence electrons. The van der Waals surface area contributed by atoms with Gasteiger partial charge >= 0.3 is 19.7 Å². The summed E-state index contributed by atoms with van der Waals surface area (Å²) in [6.07, 6.45) is -1.09. The fourth-order valence-electron chi connectivity index (χ4n) is 3.89. The Balaban J connectivity index is 1.62. The molecule has 1 atom stereocenters. The number of fused-ring (bicyclic) bond motifs is 3. The molecule has 3 rings (SSSR count). The lowest BCUT2D eigenvalue weighted by atomic mass is 9.98. The normalized spacial score (nSPS) is 13.8. The van der Waals surface area contributed by atoms with Gasteiger partial charge < -0.3 is 24.2 Å². The molecular formula is C23H28NO7P. The van der Waals surface area contributed by atoms with E-state index in [0.717, 1.165) is 22.3 Å². The number of rotatable bonds is 11. The molecule has 0 fully saturated rings. The Morgan fingerprint density at radius 3 is 2.03 bits per heavy atom. The SMILES string of the molecule is CCOP(=O)(CCC(NC(=O)OCC1c2ccccc2-c2ccccc21)C(=O)O)OCC. The van der Waals surface area contributed by atoms with Crippen molar-refractivity contribution in [2.45, 2.75) is 32.2 Å². The van der Waals surface area contributed by atoms with Gasteiger partial charge in [-0.25, -0.2) is 9.59 Å². The molecule has 1 unspecified atom stereocenters. The summed E-state index contributed by atoms with van der Waals surface area (Å²) in [5.41, 5.74) is 4.32. The average Bonchev–Trinajstić information content (AvgIpc) is 3.09. The Labute approximate surface area is 187 Å². The van der Waals surface area contributed by atoms with Crippen LogP contribution in [0, 0.1) is 0 Å². The summed E-state index contributed by atoms with van der Waals surface area (Å²) in [7, 11) is -3.42. The topological polar surface area (TPSA) is 111 Å². The molecule has 2 N–H and O–H groups in total. The molecular weight excluding hydrogens is 433 g/mol. The third-order valence-corrected chi connectivity index (χ3v) is 7.39. The number of alkyl carbamates (subject to hydrolysis) is 1. The number of carbonyl (C=O) groups is 2. The molecule has 1 aliphatic carbocycles.